The van der Waals surface area contributed by atoms with Crippen LogP contribution in [-0.4, -0.2) is 24.7 Å². The second-order valence-electron chi connectivity index (χ2n) is 5.80. The van der Waals surface area contributed by atoms with Crippen molar-refractivity contribution in [2.45, 2.75) is 25.8 Å². The summed E-state index contributed by atoms with van der Waals surface area (Å²) in [6, 6.07) is 3.92. The third-order valence-electron chi connectivity index (χ3n) is 3.45. The maximum Gasteiger partial charge on any atom is 0.243 e. The number of nitrogens with two attached hydrogens (primary N) is 1. The number of carbonyl (C=O) groups is 1. The molecular weight excluding hydrogens is 256 g/mol. The van der Waals surface area contributed by atoms with Crippen LogP contribution in [0.15, 0.2) is 18.2 Å². The number of fused-ring (bicyclic) bond motifs is 2. The lowest BCUT2D eigenvalue weighted by Gasteiger charge is -2.36. The van der Waals surface area contributed by atoms with Gasteiger partial charge in [0.2, 0.25) is 5.91 Å². The van der Waals surface area contributed by atoms with Gasteiger partial charge in [0, 0.05) is 22.9 Å². The van der Waals surface area contributed by atoms with Crippen molar-refractivity contribution in [3.8, 4) is 11.5 Å². The third kappa shape index (κ3) is 2.31. The summed E-state index contributed by atoms with van der Waals surface area (Å²) in [7, 11) is 0. The fraction of sp³-hybridized carbons (Fsp3) is 0.400. The summed E-state index contributed by atoms with van der Waals surface area (Å²) in [5.74, 6) is 1.02. The van der Waals surface area contributed by atoms with Crippen LogP contribution in [0, 0.1) is 0 Å². The number of benzene rings is 1. The first-order chi connectivity index (χ1) is 9.44. The zero-order chi connectivity index (χ0) is 14.3. The fourth-order valence-electron chi connectivity index (χ4n) is 2.74. The second kappa shape index (κ2) is 4.44. The van der Waals surface area contributed by atoms with Crippen molar-refractivity contribution in [1.29, 1.82) is 0 Å². The Bertz CT molecular complexity index is 605. The molecular formula is C15H18N2O3. The van der Waals surface area contributed by atoms with Crippen molar-refractivity contribution in [1.82, 2.24) is 5.32 Å². The summed E-state index contributed by atoms with van der Waals surface area (Å²) in [5, 5.41) is 3.35. The molecule has 0 spiro atoms. The van der Waals surface area contributed by atoms with Gasteiger partial charge in [-0.05, 0) is 38.0 Å². The summed E-state index contributed by atoms with van der Waals surface area (Å²) in [4.78, 5) is 11.2. The SMILES string of the molecule is CC1(C)Cc2cc3c(cc2/C(=C\C(N)=O)N1)OCCO3. The zero-order valence-corrected chi connectivity index (χ0v) is 11.7. The Morgan fingerprint density at radius 3 is 2.60 bits per heavy atom. The monoisotopic (exact) mass is 274 g/mol. The van der Waals surface area contributed by atoms with Crippen LogP contribution >= 0.6 is 0 Å². The minimum Gasteiger partial charge on any atom is -0.486 e. The highest BCUT2D eigenvalue weighted by molar-refractivity contribution is 5.94. The van der Waals surface area contributed by atoms with E-state index in [0.717, 1.165) is 29.0 Å². The first-order valence-corrected chi connectivity index (χ1v) is 6.67. The molecule has 5 nitrogen and oxygen atoms in total. The zero-order valence-electron chi connectivity index (χ0n) is 11.7. The van der Waals surface area contributed by atoms with Gasteiger partial charge in [-0.3, -0.25) is 4.79 Å². The summed E-state index contributed by atoms with van der Waals surface area (Å²) in [5.41, 5.74) is 7.97. The lowest BCUT2D eigenvalue weighted by Crippen LogP contribution is -2.44. The quantitative estimate of drug-likeness (QED) is 0.755. The third-order valence-corrected chi connectivity index (χ3v) is 3.45. The Morgan fingerprint density at radius 1 is 1.30 bits per heavy atom. The predicted molar refractivity (Wildman–Crippen MR) is 75.5 cm³/mol. The van der Waals surface area contributed by atoms with Crippen LogP contribution in [0.4, 0.5) is 0 Å². The molecule has 0 unspecified atom stereocenters. The number of hydrogen-bond acceptors (Lipinski definition) is 4. The van der Waals surface area contributed by atoms with Crippen LogP contribution in [0.25, 0.3) is 5.70 Å². The number of ether oxygens (including phenoxy) is 2. The molecule has 0 aliphatic carbocycles. The van der Waals surface area contributed by atoms with Crippen LogP contribution < -0.4 is 20.5 Å². The summed E-state index contributed by atoms with van der Waals surface area (Å²) < 4.78 is 11.2. The number of rotatable bonds is 1. The summed E-state index contributed by atoms with van der Waals surface area (Å²) in [6.45, 7) is 5.28. The van der Waals surface area contributed by atoms with Gasteiger partial charge in [-0.15, -0.1) is 0 Å². The molecule has 0 bridgehead atoms. The van der Waals surface area contributed by atoms with Crippen LogP contribution in [0.5, 0.6) is 11.5 Å². The van der Waals surface area contributed by atoms with Gasteiger partial charge in [0.15, 0.2) is 11.5 Å². The van der Waals surface area contributed by atoms with E-state index in [9.17, 15) is 4.79 Å². The van der Waals surface area contributed by atoms with E-state index in [2.05, 4.69) is 19.2 Å². The van der Waals surface area contributed by atoms with Crippen molar-refractivity contribution in [2.75, 3.05) is 13.2 Å². The molecule has 5 heteroatoms. The van der Waals surface area contributed by atoms with Gasteiger partial charge in [0.05, 0.1) is 0 Å². The highest BCUT2D eigenvalue weighted by Crippen LogP contribution is 2.39. The van der Waals surface area contributed by atoms with E-state index in [1.54, 1.807) is 0 Å². The molecule has 2 aliphatic heterocycles. The Morgan fingerprint density at radius 2 is 1.95 bits per heavy atom. The van der Waals surface area contributed by atoms with Crippen molar-refractivity contribution in [3.05, 3.63) is 29.3 Å². The van der Waals surface area contributed by atoms with E-state index in [1.807, 2.05) is 12.1 Å². The van der Waals surface area contributed by atoms with Crippen molar-refractivity contribution < 1.29 is 14.3 Å². The van der Waals surface area contributed by atoms with Crippen LogP contribution in [0.1, 0.15) is 25.0 Å². The van der Waals surface area contributed by atoms with Crippen LogP contribution in [0.2, 0.25) is 0 Å². The number of nitrogens with one attached hydrogen (secondary N) is 1. The van der Waals surface area contributed by atoms with E-state index in [0.29, 0.717) is 19.0 Å². The molecule has 3 N–H and O–H groups in total. The van der Waals surface area contributed by atoms with E-state index in [-0.39, 0.29) is 5.54 Å². The Kier molecular flexibility index (Phi) is 2.85. The molecule has 1 aromatic carbocycles. The van der Waals surface area contributed by atoms with Gasteiger partial charge >= 0.3 is 0 Å². The smallest absolute Gasteiger partial charge is 0.243 e. The summed E-state index contributed by atoms with van der Waals surface area (Å²) in [6.07, 6.45) is 2.27. The van der Waals surface area contributed by atoms with Crippen LogP contribution in [0.3, 0.4) is 0 Å². The Labute approximate surface area is 117 Å². The van der Waals surface area contributed by atoms with Crippen molar-refractivity contribution in [3.63, 3.8) is 0 Å². The molecule has 1 aromatic rings. The Balaban J connectivity index is 2.13. The Hall–Kier alpha value is -2.17. The van der Waals surface area contributed by atoms with Crippen molar-refractivity contribution >= 4 is 11.6 Å². The number of primary amides is 1. The first-order valence-electron chi connectivity index (χ1n) is 6.67. The average Bonchev–Trinajstić information content (AvgIpc) is 2.35. The lowest BCUT2D eigenvalue weighted by molar-refractivity contribution is -0.113. The fourth-order valence-corrected chi connectivity index (χ4v) is 2.74. The molecule has 106 valence electrons. The maximum absolute atomic E-state index is 11.2. The number of amides is 1. The number of hydrogen-bond donors (Lipinski definition) is 2. The lowest BCUT2D eigenvalue weighted by atomic mass is 9.85. The van der Waals surface area contributed by atoms with Gasteiger partial charge in [-0.25, -0.2) is 0 Å². The largest absolute Gasteiger partial charge is 0.486 e. The molecule has 20 heavy (non-hydrogen) atoms. The minimum absolute atomic E-state index is 0.141. The van der Waals surface area contributed by atoms with Gasteiger partial charge in [-0.2, -0.15) is 0 Å². The van der Waals surface area contributed by atoms with Gasteiger partial charge in [0.1, 0.15) is 13.2 Å². The molecule has 2 aliphatic rings. The molecule has 0 aromatic heterocycles. The predicted octanol–water partition coefficient (Wildman–Crippen LogP) is 1.21. The molecule has 3 rings (SSSR count). The van der Waals surface area contributed by atoms with E-state index in [4.69, 9.17) is 15.2 Å². The molecule has 0 saturated carbocycles. The first kappa shape index (κ1) is 12.8. The van der Waals surface area contributed by atoms with Gasteiger partial charge in [-0.1, -0.05) is 0 Å². The second-order valence-corrected chi connectivity index (χ2v) is 5.80. The standard InChI is InChI=1S/C15H18N2O3/c1-15(2)8-9-5-12-13(20-4-3-19-12)6-10(9)11(17-15)7-14(16)18/h5-7,17H,3-4,8H2,1-2H3,(H2,16,18)/b11-7+. The van der Waals surface area contributed by atoms with E-state index in [1.165, 1.54) is 6.08 Å². The molecule has 0 radical (unpaired) electrons. The van der Waals surface area contributed by atoms with E-state index >= 15 is 0 Å². The average molecular weight is 274 g/mol. The highest BCUT2D eigenvalue weighted by atomic mass is 16.6. The molecule has 0 saturated heterocycles. The van der Waals surface area contributed by atoms with Gasteiger partial charge in [0.25, 0.3) is 0 Å². The summed E-state index contributed by atoms with van der Waals surface area (Å²) >= 11 is 0. The molecule has 0 atom stereocenters. The minimum atomic E-state index is -0.467. The maximum atomic E-state index is 11.2. The number of carbonyl (C=O) groups excluding carboxylic acids is 1. The van der Waals surface area contributed by atoms with Crippen molar-refractivity contribution in [2.24, 2.45) is 5.73 Å². The molecule has 2 heterocycles. The topological polar surface area (TPSA) is 73.6 Å². The highest BCUT2D eigenvalue weighted by Gasteiger charge is 2.30. The van der Waals surface area contributed by atoms with E-state index < -0.39 is 5.91 Å². The van der Waals surface area contributed by atoms with Gasteiger partial charge < -0.3 is 20.5 Å². The molecule has 1 amide bonds. The van der Waals surface area contributed by atoms with Crippen LogP contribution in [-0.2, 0) is 11.2 Å². The molecule has 0 fully saturated rings. The normalized spacial score (nSPS) is 21.0.